The Morgan fingerprint density at radius 1 is 0.889 bits per heavy atom. The maximum atomic E-state index is 5.93. The number of rotatable bonds is 1. The molecule has 3 aromatic rings. The van der Waals surface area contributed by atoms with Crippen LogP contribution < -0.4 is 0 Å². The van der Waals surface area contributed by atoms with E-state index in [0.29, 0.717) is 0 Å². The molecule has 1 aromatic heterocycles. The van der Waals surface area contributed by atoms with Gasteiger partial charge in [-0.3, -0.25) is 0 Å². The maximum Gasteiger partial charge on any atom is 0.136 e. The van der Waals surface area contributed by atoms with Gasteiger partial charge < -0.3 is 4.42 Å². The minimum Gasteiger partial charge on any atom is -0.456 e. The fourth-order valence-corrected chi connectivity index (χ4v) is 2.74. The minimum absolute atomic E-state index is 0.849. The zero-order chi connectivity index (χ0) is 12.4. The molecule has 3 rings (SSSR count). The molecular formula is C15H10OS2. The average molecular weight is 270 g/mol. The van der Waals surface area contributed by atoms with Crippen LogP contribution in [-0.2, 0) is 21.1 Å². The molecule has 88 valence electrons. The molecule has 0 saturated heterocycles. The molecule has 18 heavy (non-hydrogen) atoms. The van der Waals surface area contributed by atoms with E-state index < -0.39 is 0 Å². The Labute approximate surface area is 113 Å². The molecule has 1 heterocycles. The molecule has 0 saturated carbocycles. The van der Waals surface area contributed by atoms with E-state index in [2.05, 4.69) is 0 Å². The van der Waals surface area contributed by atoms with E-state index >= 15 is 0 Å². The number of fused-ring (bicyclic) bond motifs is 1. The molecule has 0 fully saturated rings. The van der Waals surface area contributed by atoms with Crippen LogP contribution in [0.5, 0.6) is 0 Å². The molecule has 0 unspecified atom stereocenters. The first kappa shape index (κ1) is 11.4. The third-order valence-corrected chi connectivity index (χ3v) is 3.84. The molecule has 0 aliphatic carbocycles. The molecule has 0 atom stereocenters. The van der Waals surface area contributed by atoms with Gasteiger partial charge in [0.25, 0.3) is 0 Å². The molecule has 0 aliphatic rings. The van der Waals surface area contributed by atoms with Crippen LogP contribution in [0.2, 0.25) is 0 Å². The van der Waals surface area contributed by atoms with Gasteiger partial charge >= 0.3 is 0 Å². The van der Waals surface area contributed by atoms with Crippen molar-refractivity contribution in [1.29, 1.82) is 0 Å². The van der Waals surface area contributed by atoms with Gasteiger partial charge in [0.15, 0.2) is 0 Å². The van der Waals surface area contributed by atoms with Crippen molar-refractivity contribution in [2.45, 2.75) is 0 Å². The maximum absolute atomic E-state index is 5.93. The van der Waals surface area contributed by atoms with Crippen LogP contribution in [0.25, 0.3) is 22.3 Å². The summed E-state index contributed by atoms with van der Waals surface area (Å²) in [6.45, 7) is 0. The molecule has 0 aliphatic heterocycles. The highest BCUT2D eigenvalue weighted by molar-refractivity contribution is 8.13. The summed E-state index contributed by atoms with van der Waals surface area (Å²) >= 11 is 5.13. The monoisotopic (exact) mass is 270 g/mol. The Hall–Kier alpha value is -1.71. The van der Waals surface area contributed by atoms with Crippen LogP contribution in [0.4, 0.5) is 0 Å². The van der Waals surface area contributed by atoms with E-state index in [4.69, 9.17) is 15.6 Å². The second kappa shape index (κ2) is 4.88. The normalized spacial score (nSPS) is 10.4. The van der Waals surface area contributed by atoms with E-state index in [1.165, 1.54) is 9.91 Å². The Morgan fingerprint density at radius 2 is 1.61 bits per heavy atom. The summed E-state index contributed by atoms with van der Waals surface area (Å²) in [5.74, 6) is 0.849. The Balaban J connectivity index is 2.37. The third kappa shape index (κ3) is 2.03. The molecular weight excluding hydrogens is 260 g/mol. The first-order valence-corrected chi connectivity index (χ1v) is 7.34. The van der Waals surface area contributed by atoms with E-state index in [0.717, 1.165) is 26.8 Å². The van der Waals surface area contributed by atoms with Crippen molar-refractivity contribution in [2.24, 2.45) is 0 Å². The lowest BCUT2D eigenvalue weighted by Crippen LogP contribution is -1.81. The summed E-state index contributed by atoms with van der Waals surface area (Å²) < 4.78 is 6.99. The molecule has 2 aromatic carbocycles. The lowest BCUT2D eigenvalue weighted by atomic mass is 10.1. The van der Waals surface area contributed by atoms with E-state index in [-0.39, 0.29) is 0 Å². The number of hydrogen-bond acceptors (Lipinski definition) is 2. The summed E-state index contributed by atoms with van der Waals surface area (Å²) in [4.78, 5) is 0. The highest BCUT2D eigenvalue weighted by Gasteiger charge is 2.03. The van der Waals surface area contributed by atoms with E-state index in [9.17, 15) is 0 Å². The smallest absolute Gasteiger partial charge is 0.136 e. The van der Waals surface area contributed by atoms with Crippen LogP contribution in [0.3, 0.4) is 0 Å². The molecule has 3 heteroatoms. The summed E-state index contributed by atoms with van der Waals surface area (Å²) in [6.07, 6.45) is 0. The molecule has 1 nitrogen and oxygen atoms in total. The quantitative estimate of drug-likeness (QED) is 0.615. The standard InChI is InChI=1S/C15H10OS2/c17-18-15-10-14(11-6-2-1-3-7-11)16-13-9-5-4-8-12(13)15/h1-10H. The van der Waals surface area contributed by atoms with Crippen molar-refractivity contribution in [1.82, 2.24) is 0 Å². The van der Waals surface area contributed by atoms with Gasteiger partial charge in [-0.1, -0.05) is 52.4 Å². The van der Waals surface area contributed by atoms with Gasteiger partial charge in [0.05, 0.1) is 4.51 Å². The lowest BCUT2D eigenvalue weighted by Gasteiger charge is -2.03. The van der Waals surface area contributed by atoms with Gasteiger partial charge in [0.1, 0.15) is 11.3 Å². The van der Waals surface area contributed by atoms with Crippen molar-refractivity contribution < 1.29 is 4.42 Å². The molecule has 0 amide bonds. The van der Waals surface area contributed by atoms with Gasteiger partial charge in [-0.05, 0) is 23.3 Å². The third-order valence-electron chi connectivity index (χ3n) is 2.78. The molecule has 0 radical (unpaired) electrons. The highest BCUT2D eigenvalue weighted by atomic mass is 32.8. The van der Waals surface area contributed by atoms with Gasteiger partial charge in [-0.2, -0.15) is 0 Å². The zero-order valence-electron chi connectivity index (χ0n) is 9.50. The predicted octanol–water partition coefficient (Wildman–Crippen LogP) is 4.18. The first-order chi connectivity index (χ1) is 8.88. The zero-order valence-corrected chi connectivity index (χ0v) is 11.1. The summed E-state index contributed by atoms with van der Waals surface area (Å²) in [5.41, 5.74) is 1.93. The fraction of sp³-hybridized carbons (Fsp3) is 0. The Morgan fingerprint density at radius 3 is 2.39 bits per heavy atom. The van der Waals surface area contributed by atoms with E-state index in [1.54, 1.807) is 0 Å². The van der Waals surface area contributed by atoms with Crippen LogP contribution >= 0.6 is 0 Å². The molecule has 0 N–H and O–H groups in total. The Kier molecular flexibility index (Phi) is 3.09. The average Bonchev–Trinajstić information content (AvgIpc) is 2.47. The highest BCUT2D eigenvalue weighted by Crippen LogP contribution is 2.24. The van der Waals surface area contributed by atoms with Crippen LogP contribution in [0.15, 0.2) is 65.1 Å². The predicted molar refractivity (Wildman–Crippen MR) is 79.6 cm³/mol. The topological polar surface area (TPSA) is 13.1 Å². The number of para-hydroxylation sites is 1. The van der Waals surface area contributed by atoms with Crippen molar-refractivity contribution in [3.05, 3.63) is 65.2 Å². The van der Waals surface area contributed by atoms with Crippen molar-refractivity contribution >= 4 is 32.1 Å². The van der Waals surface area contributed by atoms with E-state index in [1.807, 2.05) is 60.7 Å². The van der Waals surface area contributed by atoms with Crippen molar-refractivity contribution in [3.63, 3.8) is 0 Å². The minimum atomic E-state index is 0.849. The van der Waals surface area contributed by atoms with Gasteiger partial charge in [0, 0.05) is 17.0 Å². The van der Waals surface area contributed by atoms with Crippen molar-refractivity contribution in [2.75, 3.05) is 0 Å². The van der Waals surface area contributed by atoms with Crippen LogP contribution in [0.1, 0.15) is 0 Å². The second-order valence-corrected chi connectivity index (χ2v) is 5.03. The molecule has 0 bridgehead atoms. The van der Waals surface area contributed by atoms with Crippen molar-refractivity contribution in [3.8, 4) is 11.3 Å². The van der Waals surface area contributed by atoms with Gasteiger partial charge in [-0.25, -0.2) is 0 Å². The Bertz CT molecular complexity index is 784. The summed E-state index contributed by atoms with van der Waals surface area (Å²) in [5, 5.41) is 1.07. The molecule has 0 spiro atoms. The van der Waals surface area contributed by atoms with Crippen LogP contribution in [-0.4, -0.2) is 0 Å². The number of benzene rings is 2. The first-order valence-electron chi connectivity index (χ1n) is 5.59. The van der Waals surface area contributed by atoms with Gasteiger partial charge in [0.2, 0.25) is 0 Å². The largest absolute Gasteiger partial charge is 0.456 e. The lowest BCUT2D eigenvalue weighted by molar-refractivity contribution is 0.619. The summed E-state index contributed by atoms with van der Waals surface area (Å²) in [7, 11) is 1.33. The van der Waals surface area contributed by atoms with Crippen LogP contribution in [0, 0.1) is 4.51 Å². The second-order valence-electron chi connectivity index (χ2n) is 3.92. The summed E-state index contributed by atoms with van der Waals surface area (Å²) in [6, 6.07) is 20.0. The number of hydrogen-bond donors (Lipinski definition) is 0. The fourth-order valence-electron chi connectivity index (χ4n) is 1.92. The van der Waals surface area contributed by atoms with Gasteiger partial charge in [-0.15, -0.1) is 0 Å². The SMILES string of the molecule is S=S=c1cc(-c2ccccc2)oc2ccccc12.